The molecule has 3 nitrogen and oxygen atoms in total. The zero-order chi connectivity index (χ0) is 20.2. The lowest BCUT2D eigenvalue weighted by molar-refractivity contribution is -0.0593. The van der Waals surface area contributed by atoms with Crippen LogP contribution < -0.4 is 5.43 Å². The van der Waals surface area contributed by atoms with E-state index in [0.717, 1.165) is 11.9 Å². The molecule has 2 aromatic rings. The summed E-state index contributed by atoms with van der Waals surface area (Å²) in [5.74, 6) is -4.27. The number of pyridine rings is 2. The zero-order valence-corrected chi connectivity index (χ0v) is 15.8. The molecule has 2 heterocycles. The van der Waals surface area contributed by atoms with Crippen molar-refractivity contribution in [1.29, 1.82) is 0 Å². The number of nitrogens with zero attached hydrogens (tertiary/aromatic N) is 1. The molecule has 2 aromatic heterocycles. The van der Waals surface area contributed by atoms with Gasteiger partial charge in [0.2, 0.25) is 11.8 Å². The molecule has 0 amide bonds. The summed E-state index contributed by atoms with van der Waals surface area (Å²) in [4.78, 5) is 17.9. The maximum Gasteiger partial charge on any atom is 0.248 e. The van der Waals surface area contributed by atoms with Crippen molar-refractivity contribution in [3.05, 3.63) is 40.9 Å². The van der Waals surface area contributed by atoms with Crippen molar-refractivity contribution in [2.45, 2.75) is 69.6 Å². The summed E-state index contributed by atoms with van der Waals surface area (Å²) in [6.45, 7) is 0. The standard InChI is InChI=1S/C13H20F4.C8H6N2O/c14-12(15)5-1-10(2-6-12)9-11-3-7-13(16,17)8-4-11;11-8-2-4-10-7-1-3-9-5-6(7)8/h10-11H,1-9H2;1-5H,(H,10,11). The quantitative estimate of drug-likeness (QED) is 0.635. The molecule has 2 fully saturated rings. The van der Waals surface area contributed by atoms with Gasteiger partial charge in [0.15, 0.2) is 5.43 Å². The van der Waals surface area contributed by atoms with Crippen LogP contribution in [0.2, 0.25) is 0 Å². The third-order valence-electron chi connectivity index (χ3n) is 5.90. The zero-order valence-electron chi connectivity index (χ0n) is 15.8. The fourth-order valence-electron chi connectivity index (χ4n) is 4.16. The van der Waals surface area contributed by atoms with E-state index >= 15 is 0 Å². The largest absolute Gasteiger partial charge is 0.361 e. The molecule has 0 spiro atoms. The van der Waals surface area contributed by atoms with Gasteiger partial charge in [-0.2, -0.15) is 0 Å². The van der Waals surface area contributed by atoms with Crippen molar-refractivity contribution in [3.8, 4) is 0 Å². The Morgan fingerprint density at radius 1 is 0.929 bits per heavy atom. The first-order chi connectivity index (χ1) is 13.2. The summed E-state index contributed by atoms with van der Waals surface area (Å²) in [5.41, 5.74) is 0.833. The van der Waals surface area contributed by atoms with Crippen molar-refractivity contribution in [2.24, 2.45) is 11.8 Å². The van der Waals surface area contributed by atoms with Gasteiger partial charge in [-0.25, -0.2) is 17.6 Å². The van der Waals surface area contributed by atoms with Crippen LogP contribution in [0.4, 0.5) is 17.6 Å². The van der Waals surface area contributed by atoms with Crippen LogP contribution in [-0.4, -0.2) is 21.8 Å². The molecule has 2 aliphatic carbocycles. The van der Waals surface area contributed by atoms with E-state index in [1.165, 1.54) is 6.07 Å². The molecule has 0 aliphatic heterocycles. The summed E-state index contributed by atoms with van der Waals surface area (Å²) in [7, 11) is 0. The lowest BCUT2D eigenvalue weighted by Gasteiger charge is -2.33. The molecule has 0 bridgehead atoms. The highest BCUT2D eigenvalue weighted by molar-refractivity contribution is 5.76. The second-order valence-corrected chi connectivity index (χ2v) is 8.10. The monoisotopic (exact) mass is 398 g/mol. The fraction of sp³-hybridized carbons (Fsp3) is 0.619. The van der Waals surface area contributed by atoms with E-state index in [2.05, 4.69) is 9.97 Å². The molecule has 28 heavy (non-hydrogen) atoms. The van der Waals surface area contributed by atoms with Gasteiger partial charge < -0.3 is 4.98 Å². The molecule has 0 saturated heterocycles. The second-order valence-electron chi connectivity index (χ2n) is 8.10. The number of aromatic nitrogens is 2. The van der Waals surface area contributed by atoms with E-state index in [-0.39, 0.29) is 31.1 Å². The Morgan fingerprint density at radius 2 is 1.46 bits per heavy atom. The number of H-pyrrole nitrogens is 1. The van der Waals surface area contributed by atoms with Crippen LogP contribution in [0.3, 0.4) is 0 Å². The summed E-state index contributed by atoms with van der Waals surface area (Å²) >= 11 is 0. The van der Waals surface area contributed by atoms with Gasteiger partial charge in [-0.05, 0) is 50.0 Å². The number of halogens is 4. The van der Waals surface area contributed by atoms with E-state index in [1.54, 1.807) is 24.7 Å². The first-order valence-corrected chi connectivity index (χ1v) is 9.91. The van der Waals surface area contributed by atoms with Crippen LogP contribution >= 0.6 is 0 Å². The number of fused-ring (bicyclic) bond motifs is 1. The summed E-state index contributed by atoms with van der Waals surface area (Å²) in [6, 6.07) is 3.26. The van der Waals surface area contributed by atoms with E-state index in [1.807, 2.05) is 0 Å². The third kappa shape index (κ3) is 5.79. The van der Waals surface area contributed by atoms with Gasteiger partial charge >= 0.3 is 0 Å². The smallest absolute Gasteiger partial charge is 0.248 e. The van der Waals surface area contributed by atoms with E-state index in [0.29, 0.717) is 42.9 Å². The van der Waals surface area contributed by atoms with Crippen LogP contribution in [0.25, 0.3) is 10.9 Å². The maximum atomic E-state index is 13.0. The Labute approximate surface area is 161 Å². The van der Waals surface area contributed by atoms with Crippen molar-refractivity contribution in [3.63, 3.8) is 0 Å². The molecule has 0 aromatic carbocycles. The lowest BCUT2D eigenvalue weighted by atomic mass is 9.76. The van der Waals surface area contributed by atoms with E-state index < -0.39 is 11.8 Å². The van der Waals surface area contributed by atoms with E-state index in [4.69, 9.17) is 0 Å². The molecule has 2 saturated carbocycles. The predicted molar refractivity (Wildman–Crippen MR) is 101 cm³/mol. The van der Waals surface area contributed by atoms with Crippen molar-refractivity contribution in [1.82, 2.24) is 9.97 Å². The van der Waals surface area contributed by atoms with Gasteiger partial charge in [-0.15, -0.1) is 0 Å². The number of rotatable bonds is 2. The lowest BCUT2D eigenvalue weighted by Crippen LogP contribution is -2.28. The third-order valence-corrected chi connectivity index (χ3v) is 5.90. The molecule has 1 N–H and O–H groups in total. The highest BCUT2D eigenvalue weighted by atomic mass is 19.3. The number of hydrogen-bond acceptors (Lipinski definition) is 2. The second kappa shape index (κ2) is 8.62. The Bertz CT molecular complexity index is 785. The Kier molecular flexibility index (Phi) is 6.40. The predicted octanol–water partition coefficient (Wildman–Crippen LogP) is 5.95. The molecule has 0 atom stereocenters. The van der Waals surface area contributed by atoms with Crippen LogP contribution in [0, 0.1) is 11.8 Å². The normalized spacial score (nSPS) is 22.4. The van der Waals surface area contributed by atoms with Crippen LogP contribution in [-0.2, 0) is 0 Å². The van der Waals surface area contributed by atoms with Gasteiger partial charge in [0.25, 0.3) is 0 Å². The fourth-order valence-corrected chi connectivity index (χ4v) is 4.16. The summed E-state index contributed by atoms with van der Waals surface area (Å²) in [6.07, 6.45) is 7.95. The minimum atomic E-state index is -2.48. The van der Waals surface area contributed by atoms with E-state index in [9.17, 15) is 22.4 Å². The van der Waals surface area contributed by atoms with Crippen molar-refractivity contribution < 1.29 is 17.6 Å². The highest BCUT2D eigenvalue weighted by Gasteiger charge is 2.38. The summed E-state index contributed by atoms with van der Waals surface area (Å²) in [5, 5.41) is 0.634. The van der Waals surface area contributed by atoms with Crippen LogP contribution in [0.15, 0.2) is 35.5 Å². The number of nitrogens with one attached hydrogen (secondary N) is 1. The van der Waals surface area contributed by atoms with Crippen molar-refractivity contribution >= 4 is 10.9 Å². The summed E-state index contributed by atoms with van der Waals surface area (Å²) < 4.78 is 51.8. The van der Waals surface area contributed by atoms with Crippen LogP contribution in [0.1, 0.15) is 57.8 Å². The topological polar surface area (TPSA) is 45.8 Å². The number of hydrogen-bond donors (Lipinski definition) is 1. The Balaban J connectivity index is 0.000000176. The molecule has 2 aliphatic rings. The van der Waals surface area contributed by atoms with Crippen molar-refractivity contribution in [2.75, 3.05) is 0 Å². The Hall–Kier alpha value is -1.92. The molecule has 154 valence electrons. The average molecular weight is 398 g/mol. The average Bonchev–Trinajstić information content (AvgIpc) is 2.66. The number of alkyl halides is 4. The minimum Gasteiger partial charge on any atom is -0.361 e. The Morgan fingerprint density at radius 3 is 1.96 bits per heavy atom. The molecule has 0 unspecified atom stereocenters. The van der Waals surface area contributed by atoms with Gasteiger partial charge in [0.05, 0.1) is 10.9 Å². The minimum absolute atomic E-state index is 0.00634. The first-order valence-electron chi connectivity index (χ1n) is 9.91. The van der Waals surface area contributed by atoms with Gasteiger partial charge in [0.1, 0.15) is 0 Å². The molecule has 4 rings (SSSR count). The number of aromatic amines is 1. The molecular formula is C21H26F4N2O. The first kappa shape index (κ1) is 20.8. The maximum absolute atomic E-state index is 13.0. The van der Waals surface area contributed by atoms with Gasteiger partial charge in [-0.3, -0.25) is 9.78 Å². The molecular weight excluding hydrogens is 372 g/mol. The van der Waals surface area contributed by atoms with Gasteiger partial charge in [-0.1, -0.05) is 0 Å². The highest BCUT2D eigenvalue weighted by Crippen LogP contribution is 2.43. The van der Waals surface area contributed by atoms with Crippen LogP contribution in [0.5, 0.6) is 0 Å². The molecule has 7 heteroatoms. The molecule has 0 radical (unpaired) electrons. The SMILES string of the molecule is FC1(F)CCC(CC2CCC(F)(F)CC2)CC1.O=c1cc[nH]c2ccncc12. The van der Waals surface area contributed by atoms with Gasteiger partial charge in [0, 0.05) is 50.3 Å².